The highest BCUT2D eigenvalue weighted by Crippen LogP contribution is 2.24. The van der Waals surface area contributed by atoms with Gasteiger partial charge in [-0.05, 0) is 51.1 Å². The second-order valence-corrected chi connectivity index (χ2v) is 7.65. The molecule has 0 unspecified atom stereocenters. The zero-order valence-corrected chi connectivity index (χ0v) is 18.2. The van der Waals surface area contributed by atoms with Crippen molar-refractivity contribution in [2.75, 3.05) is 12.9 Å². The van der Waals surface area contributed by atoms with Crippen LogP contribution < -0.4 is 5.56 Å². The van der Waals surface area contributed by atoms with Crippen LogP contribution in [0, 0.1) is 13.8 Å². The summed E-state index contributed by atoms with van der Waals surface area (Å²) in [5.41, 5.74) is 3.36. The first-order chi connectivity index (χ1) is 14.3. The summed E-state index contributed by atoms with van der Waals surface area (Å²) in [7, 11) is 1.34. The van der Waals surface area contributed by atoms with Gasteiger partial charge in [0.15, 0.2) is 10.9 Å². The van der Waals surface area contributed by atoms with Crippen LogP contribution in [0.25, 0.3) is 5.69 Å². The minimum absolute atomic E-state index is 0.0358. The topological polar surface area (TPSA) is 83.2 Å². The van der Waals surface area contributed by atoms with Gasteiger partial charge in [-0.1, -0.05) is 11.8 Å². The van der Waals surface area contributed by atoms with Crippen molar-refractivity contribution in [3.8, 4) is 5.69 Å². The van der Waals surface area contributed by atoms with Crippen molar-refractivity contribution in [3.63, 3.8) is 0 Å². The van der Waals surface area contributed by atoms with Gasteiger partial charge in [0.25, 0.3) is 5.56 Å². The second-order valence-electron chi connectivity index (χ2n) is 6.70. The van der Waals surface area contributed by atoms with Crippen molar-refractivity contribution in [1.29, 1.82) is 0 Å². The van der Waals surface area contributed by atoms with Crippen LogP contribution in [0.2, 0.25) is 0 Å². The van der Waals surface area contributed by atoms with Gasteiger partial charge in [-0.15, -0.1) is 0 Å². The van der Waals surface area contributed by atoms with E-state index in [9.17, 15) is 14.4 Å². The lowest BCUT2D eigenvalue weighted by atomic mass is 10.2. The maximum atomic E-state index is 12.9. The standard InChI is InChI=1S/C22H23N3O4S/c1-5-24-11-10-20(27)23-22(24)30-13-19(26)18-12-14(2)25(15(18)3)17-8-6-16(7-9-17)21(28)29-4/h6-12H,5,13H2,1-4H3. The molecule has 0 N–H and O–H groups in total. The number of aryl methyl sites for hydroxylation is 2. The number of ether oxygens (including phenoxy) is 1. The highest BCUT2D eigenvalue weighted by molar-refractivity contribution is 7.99. The summed E-state index contributed by atoms with van der Waals surface area (Å²) >= 11 is 1.26. The Hall–Kier alpha value is -3.13. The number of thioether (sulfide) groups is 1. The van der Waals surface area contributed by atoms with E-state index in [-0.39, 0.29) is 17.1 Å². The van der Waals surface area contributed by atoms with Gasteiger partial charge in [0.05, 0.1) is 18.4 Å². The molecule has 0 aliphatic carbocycles. The van der Waals surface area contributed by atoms with Crippen LogP contribution in [0.5, 0.6) is 0 Å². The normalized spacial score (nSPS) is 10.8. The van der Waals surface area contributed by atoms with E-state index in [4.69, 9.17) is 4.74 Å². The maximum absolute atomic E-state index is 12.9. The Morgan fingerprint density at radius 3 is 2.47 bits per heavy atom. The third kappa shape index (κ3) is 4.38. The molecule has 0 spiro atoms. The quantitative estimate of drug-likeness (QED) is 0.250. The molecule has 0 aliphatic heterocycles. The minimum Gasteiger partial charge on any atom is -0.465 e. The van der Waals surface area contributed by atoms with Crippen molar-refractivity contribution in [2.24, 2.45) is 0 Å². The Bertz CT molecular complexity index is 1150. The molecule has 8 heteroatoms. The van der Waals surface area contributed by atoms with Gasteiger partial charge in [-0.2, -0.15) is 4.98 Å². The van der Waals surface area contributed by atoms with Gasteiger partial charge >= 0.3 is 5.97 Å². The van der Waals surface area contributed by atoms with Crippen LogP contribution in [-0.4, -0.2) is 38.7 Å². The average molecular weight is 426 g/mol. The first-order valence-electron chi connectivity index (χ1n) is 9.46. The van der Waals surface area contributed by atoms with Crippen LogP contribution in [0.4, 0.5) is 0 Å². The van der Waals surface area contributed by atoms with Crippen molar-refractivity contribution < 1.29 is 14.3 Å². The summed E-state index contributed by atoms with van der Waals surface area (Å²) in [4.78, 5) is 40.1. The summed E-state index contributed by atoms with van der Waals surface area (Å²) in [5.74, 6) is -0.246. The summed E-state index contributed by atoms with van der Waals surface area (Å²) in [6.45, 7) is 6.44. The summed E-state index contributed by atoms with van der Waals surface area (Å²) < 4.78 is 8.55. The Kier molecular flexibility index (Phi) is 6.56. The van der Waals surface area contributed by atoms with Gasteiger partial charge < -0.3 is 13.9 Å². The molecule has 0 amide bonds. The summed E-state index contributed by atoms with van der Waals surface area (Å²) in [6, 6.07) is 10.3. The Balaban J connectivity index is 1.83. The number of ketones is 1. The molecule has 0 bridgehead atoms. The lowest BCUT2D eigenvalue weighted by molar-refractivity contribution is 0.0600. The number of nitrogens with zero attached hydrogens (tertiary/aromatic N) is 3. The lowest BCUT2D eigenvalue weighted by Gasteiger charge is -2.11. The van der Waals surface area contributed by atoms with Crippen LogP contribution in [0.1, 0.15) is 39.0 Å². The van der Waals surface area contributed by atoms with Crippen LogP contribution in [-0.2, 0) is 11.3 Å². The molecule has 0 radical (unpaired) electrons. The molecule has 3 aromatic rings. The zero-order chi connectivity index (χ0) is 21.8. The zero-order valence-electron chi connectivity index (χ0n) is 17.3. The van der Waals surface area contributed by atoms with Crippen molar-refractivity contribution in [1.82, 2.24) is 14.1 Å². The second kappa shape index (κ2) is 9.13. The number of esters is 1. The molecule has 2 heterocycles. The first-order valence-corrected chi connectivity index (χ1v) is 10.5. The average Bonchev–Trinajstić information content (AvgIpc) is 3.05. The van der Waals surface area contributed by atoms with E-state index < -0.39 is 5.97 Å². The molecule has 0 aliphatic rings. The fourth-order valence-electron chi connectivity index (χ4n) is 3.28. The monoisotopic (exact) mass is 425 g/mol. The predicted octanol–water partition coefficient (Wildman–Crippen LogP) is 3.43. The van der Waals surface area contributed by atoms with E-state index >= 15 is 0 Å². The molecule has 30 heavy (non-hydrogen) atoms. The van der Waals surface area contributed by atoms with Crippen LogP contribution in [0.3, 0.4) is 0 Å². The fraction of sp³-hybridized carbons (Fsp3) is 0.273. The molecule has 0 fully saturated rings. The lowest BCUT2D eigenvalue weighted by Crippen LogP contribution is -2.14. The van der Waals surface area contributed by atoms with Crippen molar-refractivity contribution >= 4 is 23.5 Å². The third-order valence-electron chi connectivity index (χ3n) is 4.80. The van der Waals surface area contributed by atoms with Crippen LogP contribution in [0.15, 0.2) is 52.5 Å². The van der Waals surface area contributed by atoms with Gasteiger partial charge in [0.1, 0.15) is 0 Å². The number of hydrogen-bond donors (Lipinski definition) is 0. The summed E-state index contributed by atoms with van der Waals surface area (Å²) in [5, 5.41) is 0.533. The Morgan fingerprint density at radius 2 is 1.83 bits per heavy atom. The largest absolute Gasteiger partial charge is 0.465 e. The molecule has 0 saturated carbocycles. The van der Waals surface area contributed by atoms with E-state index in [1.54, 1.807) is 18.3 Å². The molecular formula is C22H23N3O4S. The highest BCUT2D eigenvalue weighted by atomic mass is 32.2. The van der Waals surface area contributed by atoms with Gasteiger partial charge in [-0.3, -0.25) is 9.59 Å². The molecule has 2 aromatic heterocycles. The predicted molar refractivity (Wildman–Crippen MR) is 116 cm³/mol. The van der Waals surface area contributed by atoms with Gasteiger partial charge in [-0.25, -0.2) is 4.79 Å². The number of Topliss-reactive ketones (excluding diaryl/α,β-unsaturated/α-hetero) is 1. The number of hydrogen-bond acceptors (Lipinski definition) is 6. The number of rotatable bonds is 7. The first kappa shape index (κ1) is 21.6. The van der Waals surface area contributed by atoms with E-state index in [2.05, 4.69) is 4.98 Å². The maximum Gasteiger partial charge on any atom is 0.337 e. The molecule has 3 rings (SSSR count). The fourth-order valence-corrected chi connectivity index (χ4v) is 4.21. The third-order valence-corrected chi connectivity index (χ3v) is 5.79. The van der Waals surface area contributed by atoms with E-state index in [1.807, 2.05) is 48.1 Å². The number of aromatic nitrogens is 3. The number of carbonyl (C=O) groups excluding carboxylic acids is 2. The Morgan fingerprint density at radius 1 is 1.13 bits per heavy atom. The molecule has 0 atom stereocenters. The molecule has 0 saturated heterocycles. The van der Waals surface area contributed by atoms with Gasteiger partial charge in [0.2, 0.25) is 0 Å². The number of methoxy groups -OCH3 is 1. The summed E-state index contributed by atoms with van der Waals surface area (Å²) in [6.07, 6.45) is 1.69. The van der Waals surface area contributed by atoms with E-state index in [0.29, 0.717) is 22.8 Å². The molecule has 7 nitrogen and oxygen atoms in total. The number of benzene rings is 1. The SMILES string of the molecule is CCn1ccc(=O)nc1SCC(=O)c1cc(C)n(-c2ccc(C(=O)OC)cc2)c1C. The minimum atomic E-state index is -0.393. The highest BCUT2D eigenvalue weighted by Gasteiger charge is 2.18. The van der Waals surface area contributed by atoms with E-state index in [0.717, 1.165) is 17.1 Å². The van der Waals surface area contributed by atoms with Crippen LogP contribution >= 0.6 is 11.8 Å². The van der Waals surface area contributed by atoms with E-state index in [1.165, 1.54) is 24.9 Å². The smallest absolute Gasteiger partial charge is 0.337 e. The molecule has 1 aromatic carbocycles. The van der Waals surface area contributed by atoms with Gasteiger partial charge in [0, 0.05) is 41.4 Å². The number of carbonyl (C=O) groups is 2. The Labute approximate surface area is 178 Å². The molecule has 156 valence electrons. The van der Waals surface area contributed by atoms with Crippen molar-refractivity contribution in [3.05, 3.63) is 75.5 Å². The molecular weight excluding hydrogens is 402 g/mol. The van der Waals surface area contributed by atoms with Crippen molar-refractivity contribution in [2.45, 2.75) is 32.5 Å².